The van der Waals surface area contributed by atoms with E-state index < -0.39 is 5.91 Å². The number of amides is 1. The second kappa shape index (κ2) is 7.39. The van der Waals surface area contributed by atoms with Gasteiger partial charge in [0.2, 0.25) is 0 Å². The van der Waals surface area contributed by atoms with Crippen molar-refractivity contribution in [3.8, 4) is 11.8 Å². The number of hydrogen-bond donors (Lipinski definition) is 2. The van der Waals surface area contributed by atoms with Gasteiger partial charge in [-0.2, -0.15) is 5.26 Å². The number of nitrogens with two attached hydrogens (primary N) is 1. The van der Waals surface area contributed by atoms with Crippen LogP contribution in [0.2, 0.25) is 0 Å². The maximum Gasteiger partial charge on any atom is 0.255 e. The van der Waals surface area contributed by atoms with Crippen molar-refractivity contribution in [2.45, 2.75) is 32.4 Å². The molecule has 0 bridgehead atoms. The SMILES string of the molecule is CCC(C)NC(C#N)c1ccc(OCC(N)=O)cc1. The van der Waals surface area contributed by atoms with Gasteiger partial charge in [-0.05, 0) is 31.0 Å². The normalized spacial score (nSPS) is 13.3. The number of carbonyl (C=O) groups is 1. The molecule has 1 aromatic rings. The van der Waals surface area contributed by atoms with E-state index >= 15 is 0 Å². The van der Waals surface area contributed by atoms with Crippen LogP contribution >= 0.6 is 0 Å². The van der Waals surface area contributed by atoms with Crippen LogP contribution in [0.25, 0.3) is 0 Å². The van der Waals surface area contributed by atoms with Gasteiger partial charge in [0.25, 0.3) is 5.91 Å². The molecule has 0 aromatic heterocycles. The van der Waals surface area contributed by atoms with Crippen LogP contribution < -0.4 is 15.8 Å². The summed E-state index contributed by atoms with van der Waals surface area (Å²) >= 11 is 0. The molecule has 3 N–H and O–H groups in total. The molecule has 0 spiro atoms. The Morgan fingerprint density at radius 2 is 2.11 bits per heavy atom. The minimum absolute atomic E-state index is 0.147. The minimum atomic E-state index is -0.516. The average Bonchev–Trinajstić information content (AvgIpc) is 2.42. The second-order valence-corrected chi connectivity index (χ2v) is 4.36. The van der Waals surface area contributed by atoms with Crippen LogP contribution in [0.3, 0.4) is 0 Å². The van der Waals surface area contributed by atoms with Gasteiger partial charge in [-0.3, -0.25) is 10.1 Å². The van der Waals surface area contributed by atoms with E-state index in [1.807, 2.05) is 6.92 Å². The van der Waals surface area contributed by atoms with Crippen molar-refractivity contribution in [2.24, 2.45) is 5.73 Å². The van der Waals surface area contributed by atoms with Gasteiger partial charge < -0.3 is 10.5 Å². The van der Waals surface area contributed by atoms with Crippen LogP contribution in [0.1, 0.15) is 31.9 Å². The highest BCUT2D eigenvalue weighted by Crippen LogP contribution is 2.18. The fourth-order valence-corrected chi connectivity index (χ4v) is 1.52. The Balaban J connectivity index is 2.68. The Morgan fingerprint density at radius 3 is 2.58 bits per heavy atom. The van der Waals surface area contributed by atoms with Crippen molar-refractivity contribution in [1.29, 1.82) is 5.26 Å². The van der Waals surface area contributed by atoms with Crippen molar-refractivity contribution in [2.75, 3.05) is 6.61 Å². The topological polar surface area (TPSA) is 88.1 Å². The van der Waals surface area contributed by atoms with Crippen LogP contribution in [-0.2, 0) is 4.79 Å². The van der Waals surface area contributed by atoms with Crippen molar-refractivity contribution in [3.63, 3.8) is 0 Å². The van der Waals surface area contributed by atoms with Crippen LogP contribution in [0, 0.1) is 11.3 Å². The van der Waals surface area contributed by atoms with E-state index in [0.29, 0.717) is 5.75 Å². The number of carbonyl (C=O) groups excluding carboxylic acids is 1. The number of nitriles is 1. The zero-order valence-corrected chi connectivity index (χ0v) is 11.2. The molecule has 2 atom stereocenters. The Bertz CT molecular complexity index is 451. The zero-order chi connectivity index (χ0) is 14.3. The van der Waals surface area contributed by atoms with Gasteiger partial charge in [-0.15, -0.1) is 0 Å². The monoisotopic (exact) mass is 261 g/mol. The molecular formula is C14H19N3O2. The molecule has 0 aliphatic carbocycles. The number of nitrogens with one attached hydrogen (secondary N) is 1. The molecule has 1 aromatic carbocycles. The molecule has 1 amide bonds. The van der Waals surface area contributed by atoms with Gasteiger partial charge >= 0.3 is 0 Å². The molecule has 0 saturated heterocycles. The highest BCUT2D eigenvalue weighted by molar-refractivity contribution is 5.75. The summed E-state index contributed by atoms with van der Waals surface area (Å²) in [5.74, 6) is 0.0418. The molecular weight excluding hydrogens is 242 g/mol. The van der Waals surface area contributed by atoms with E-state index in [4.69, 9.17) is 15.7 Å². The van der Waals surface area contributed by atoms with Gasteiger partial charge in [-0.25, -0.2) is 0 Å². The van der Waals surface area contributed by atoms with Gasteiger partial charge in [0.05, 0.1) is 6.07 Å². The van der Waals surface area contributed by atoms with E-state index in [9.17, 15) is 4.79 Å². The lowest BCUT2D eigenvalue weighted by Gasteiger charge is -2.17. The summed E-state index contributed by atoms with van der Waals surface area (Å²) in [7, 11) is 0. The highest BCUT2D eigenvalue weighted by Gasteiger charge is 2.12. The standard InChI is InChI=1S/C14H19N3O2/c1-3-10(2)17-13(8-15)11-4-6-12(7-5-11)19-9-14(16)18/h4-7,10,13,17H,3,9H2,1-2H3,(H2,16,18). The van der Waals surface area contributed by atoms with E-state index in [-0.39, 0.29) is 18.7 Å². The molecule has 5 nitrogen and oxygen atoms in total. The molecule has 19 heavy (non-hydrogen) atoms. The summed E-state index contributed by atoms with van der Waals surface area (Å²) in [6.07, 6.45) is 0.956. The average molecular weight is 261 g/mol. The summed E-state index contributed by atoms with van der Waals surface area (Å²) in [4.78, 5) is 10.6. The fraction of sp³-hybridized carbons (Fsp3) is 0.429. The van der Waals surface area contributed by atoms with Crippen molar-refractivity contribution < 1.29 is 9.53 Å². The van der Waals surface area contributed by atoms with Gasteiger partial charge in [0, 0.05) is 6.04 Å². The summed E-state index contributed by atoms with van der Waals surface area (Å²) in [6, 6.07) is 9.21. The predicted molar refractivity (Wildman–Crippen MR) is 72.4 cm³/mol. The summed E-state index contributed by atoms with van der Waals surface area (Å²) in [5, 5.41) is 12.4. The first kappa shape index (κ1) is 15.0. The number of nitrogens with zero attached hydrogens (tertiary/aromatic N) is 1. The van der Waals surface area contributed by atoms with E-state index in [1.165, 1.54) is 0 Å². The molecule has 0 fully saturated rings. The summed E-state index contributed by atoms with van der Waals surface area (Å²) < 4.78 is 5.16. The van der Waals surface area contributed by atoms with Gasteiger partial charge in [-0.1, -0.05) is 19.1 Å². The summed E-state index contributed by atoms with van der Waals surface area (Å²) in [5.41, 5.74) is 5.86. The first-order valence-electron chi connectivity index (χ1n) is 6.23. The lowest BCUT2D eigenvalue weighted by Crippen LogP contribution is -2.29. The summed E-state index contributed by atoms with van der Waals surface area (Å²) in [6.45, 7) is 3.95. The molecule has 0 aliphatic rings. The maximum atomic E-state index is 10.6. The van der Waals surface area contributed by atoms with E-state index in [1.54, 1.807) is 24.3 Å². The highest BCUT2D eigenvalue weighted by atomic mass is 16.5. The van der Waals surface area contributed by atoms with Gasteiger partial charge in [0.1, 0.15) is 11.8 Å². The third-order valence-electron chi connectivity index (χ3n) is 2.79. The second-order valence-electron chi connectivity index (χ2n) is 4.36. The first-order valence-corrected chi connectivity index (χ1v) is 6.23. The lowest BCUT2D eigenvalue weighted by atomic mass is 10.1. The van der Waals surface area contributed by atoms with Crippen LogP contribution in [-0.4, -0.2) is 18.6 Å². The van der Waals surface area contributed by atoms with Crippen molar-refractivity contribution >= 4 is 5.91 Å². The molecule has 0 heterocycles. The number of hydrogen-bond acceptors (Lipinski definition) is 4. The molecule has 0 saturated carbocycles. The number of ether oxygens (including phenoxy) is 1. The lowest BCUT2D eigenvalue weighted by molar-refractivity contribution is -0.119. The van der Waals surface area contributed by atoms with Crippen LogP contribution in [0.4, 0.5) is 0 Å². The fourth-order valence-electron chi connectivity index (χ4n) is 1.52. The number of primary amides is 1. The predicted octanol–water partition coefficient (Wildman–Crippen LogP) is 1.50. The van der Waals surface area contributed by atoms with Gasteiger partial charge in [0.15, 0.2) is 6.61 Å². The number of rotatable bonds is 7. The molecule has 5 heteroatoms. The Morgan fingerprint density at radius 1 is 1.47 bits per heavy atom. The molecule has 0 radical (unpaired) electrons. The molecule has 0 aliphatic heterocycles. The smallest absolute Gasteiger partial charge is 0.255 e. The number of benzene rings is 1. The Labute approximate surface area is 113 Å². The first-order chi connectivity index (χ1) is 9.06. The quantitative estimate of drug-likeness (QED) is 0.778. The zero-order valence-electron chi connectivity index (χ0n) is 11.2. The Hall–Kier alpha value is -2.06. The maximum absolute atomic E-state index is 10.6. The Kier molecular flexibility index (Phi) is 5.83. The minimum Gasteiger partial charge on any atom is -0.484 e. The molecule has 1 rings (SSSR count). The largest absolute Gasteiger partial charge is 0.484 e. The third kappa shape index (κ3) is 4.98. The van der Waals surface area contributed by atoms with E-state index in [2.05, 4.69) is 18.3 Å². The third-order valence-corrected chi connectivity index (χ3v) is 2.79. The van der Waals surface area contributed by atoms with Crippen LogP contribution in [0.15, 0.2) is 24.3 Å². The molecule has 2 unspecified atom stereocenters. The van der Waals surface area contributed by atoms with E-state index in [0.717, 1.165) is 12.0 Å². The van der Waals surface area contributed by atoms with Crippen molar-refractivity contribution in [1.82, 2.24) is 5.32 Å². The van der Waals surface area contributed by atoms with Crippen LogP contribution in [0.5, 0.6) is 5.75 Å². The van der Waals surface area contributed by atoms with Crippen molar-refractivity contribution in [3.05, 3.63) is 29.8 Å². The molecule has 102 valence electrons.